The van der Waals surface area contributed by atoms with Gasteiger partial charge in [-0.3, -0.25) is 14.4 Å². The van der Waals surface area contributed by atoms with Crippen LogP contribution >= 0.6 is 15.9 Å². The first kappa shape index (κ1) is 16.6. The Balaban J connectivity index is 2.30. The lowest BCUT2D eigenvalue weighted by Crippen LogP contribution is -2.59. The molecule has 0 aromatic heterocycles. The fourth-order valence-electron chi connectivity index (χ4n) is 2.60. The fraction of sp³-hybridized carbons (Fsp3) is 0.750. The van der Waals surface area contributed by atoms with Crippen LogP contribution in [0.4, 0.5) is 4.39 Å². The van der Waals surface area contributed by atoms with Gasteiger partial charge in [-0.2, -0.15) is 0 Å². The molecule has 0 spiro atoms. The topological polar surface area (TPSA) is 121 Å². The van der Waals surface area contributed by atoms with Gasteiger partial charge in [0.25, 0.3) is 0 Å². The van der Waals surface area contributed by atoms with Gasteiger partial charge in [-0.25, -0.2) is 4.39 Å². The van der Waals surface area contributed by atoms with E-state index >= 15 is 0 Å². The van der Waals surface area contributed by atoms with Crippen molar-refractivity contribution in [1.29, 1.82) is 0 Å². The first-order valence-electron chi connectivity index (χ1n) is 6.25. The summed E-state index contributed by atoms with van der Waals surface area (Å²) in [5, 5.41) is 28.7. The minimum absolute atomic E-state index is 0.584. The molecule has 1 heterocycles. The molecule has 0 radical (unpaired) electrons. The van der Waals surface area contributed by atoms with E-state index in [1.54, 1.807) is 0 Å². The Kier molecular flexibility index (Phi) is 4.33. The van der Waals surface area contributed by atoms with Crippen LogP contribution in [0.25, 0.3) is 0 Å². The number of halogens is 2. The molecule has 1 aliphatic carbocycles. The van der Waals surface area contributed by atoms with E-state index in [9.17, 15) is 29.0 Å². The van der Waals surface area contributed by atoms with Gasteiger partial charge in [0.2, 0.25) is 11.6 Å². The highest BCUT2D eigenvalue weighted by molar-refractivity contribution is 9.10. The molecule has 2 rings (SSSR count). The Labute approximate surface area is 127 Å². The Morgan fingerprint density at radius 2 is 2.10 bits per heavy atom. The zero-order valence-electron chi connectivity index (χ0n) is 10.8. The summed E-state index contributed by atoms with van der Waals surface area (Å²) in [6, 6.07) is 0. The summed E-state index contributed by atoms with van der Waals surface area (Å²) in [6.07, 6.45) is -6.64. The number of carbonyl (C=O) groups excluding carboxylic acids is 3. The molecule has 118 valence electrons. The quantitative estimate of drug-likeness (QED) is 0.422. The van der Waals surface area contributed by atoms with Crippen LogP contribution in [-0.4, -0.2) is 67.8 Å². The summed E-state index contributed by atoms with van der Waals surface area (Å²) in [7, 11) is 0. The molecule has 2 fully saturated rings. The van der Waals surface area contributed by atoms with E-state index in [-0.39, 0.29) is 0 Å². The molecule has 2 unspecified atom stereocenters. The van der Waals surface area contributed by atoms with E-state index in [0.29, 0.717) is 0 Å². The van der Waals surface area contributed by atoms with Crippen molar-refractivity contribution in [2.75, 3.05) is 6.61 Å². The Morgan fingerprint density at radius 1 is 1.48 bits per heavy atom. The highest BCUT2D eigenvalue weighted by Crippen LogP contribution is 2.42. The molecule has 21 heavy (non-hydrogen) atoms. The molecule has 0 bridgehead atoms. The third kappa shape index (κ3) is 2.68. The molecule has 0 aromatic carbocycles. The van der Waals surface area contributed by atoms with E-state index in [1.165, 1.54) is 0 Å². The van der Waals surface area contributed by atoms with Crippen LogP contribution in [0.5, 0.6) is 0 Å². The molecule has 0 aromatic rings. The molecule has 9 heteroatoms. The minimum Gasteiger partial charge on any atom is -0.394 e. The number of carbonyl (C=O) groups is 3. The van der Waals surface area contributed by atoms with E-state index < -0.39 is 71.7 Å². The SMILES string of the molecule is O=C1CC(=O)C(F)C(Br)(C(=O)[C@@]2(O)C[C@H](O)[C@@H](CO)O2)C1. The monoisotopic (exact) mass is 368 g/mol. The minimum atomic E-state index is -2.57. The van der Waals surface area contributed by atoms with Crippen LogP contribution in [-0.2, 0) is 19.1 Å². The maximum atomic E-state index is 14.1. The molecular formula is C12H14BrFO7. The van der Waals surface area contributed by atoms with Crippen molar-refractivity contribution in [3.8, 4) is 0 Å². The first-order valence-corrected chi connectivity index (χ1v) is 7.05. The summed E-state index contributed by atoms with van der Waals surface area (Å²) >= 11 is 2.76. The van der Waals surface area contributed by atoms with Gasteiger partial charge in [0.1, 0.15) is 16.2 Å². The second-order valence-electron chi connectivity index (χ2n) is 5.31. The Morgan fingerprint density at radius 3 is 2.62 bits per heavy atom. The van der Waals surface area contributed by atoms with Crippen molar-refractivity contribution in [3.63, 3.8) is 0 Å². The highest BCUT2D eigenvalue weighted by Gasteiger charge is 2.62. The number of alkyl halides is 2. The third-order valence-corrected chi connectivity index (χ3v) is 4.73. The molecule has 0 amide bonds. The van der Waals surface area contributed by atoms with Gasteiger partial charge < -0.3 is 20.1 Å². The number of aliphatic hydroxyl groups excluding tert-OH is 2. The Bertz CT molecular complexity index is 498. The van der Waals surface area contributed by atoms with E-state index in [4.69, 9.17) is 9.84 Å². The number of hydrogen-bond donors (Lipinski definition) is 3. The van der Waals surface area contributed by atoms with Gasteiger partial charge in [-0.1, -0.05) is 15.9 Å². The summed E-state index contributed by atoms with van der Waals surface area (Å²) in [5.41, 5.74) is 0. The van der Waals surface area contributed by atoms with Crippen LogP contribution in [0, 0.1) is 0 Å². The fourth-order valence-corrected chi connectivity index (χ4v) is 3.47. The highest BCUT2D eigenvalue weighted by atomic mass is 79.9. The number of hydrogen-bond acceptors (Lipinski definition) is 7. The second-order valence-corrected chi connectivity index (χ2v) is 6.72. The molecule has 3 N–H and O–H groups in total. The summed E-state index contributed by atoms with van der Waals surface area (Å²) in [6.45, 7) is -0.650. The predicted octanol–water partition coefficient (Wildman–Crippen LogP) is -1.21. The smallest absolute Gasteiger partial charge is 0.231 e. The van der Waals surface area contributed by atoms with Crippen molar-refractivity contribution in [3.05, 3.63) is 0 Å². The van der Waals surface area contributed by atoms with Gasteiger partial charge in [0.05, 0.1) is 19.1 Å². The number of ether oxygens (including phenoxy) is 1. The van der Waals surface area contributed by atoms with Crippen molar-refractivity contribution in [1.82, 2.24) is 0 Å². The largest absolute Gasteiger partial charge is 0.394 e. The normalized spacial score (nSPS) is 44.1. The van der Waals surface area contributed by atoms with Crippen LogP contribution in [0.3, 0.4) is 0 Å². The molecule has 1 saturated carbocycles. The van der Waals surface area contributed by atoms with Gasteiger partial charge in [0.15, 0.2) is 12.0 Å². The maximum Gasteiger partial charge on any atom is 0.231 e. The number of aliphatic hydroxyl groups is 3. The van der Waals surface area contributed by atoms with Crippen LogP contribution < -0.4 is 0 Å². The van der Waals surface area contributed by atoms with Gasteiger partial charge in [-0.05, 0) is 0 Å². The lowest BCUT2D eigenvalue weighted by atomic mass is 9.79. The lowest BCUT2D eigenvalue weighted by Gasteiger charge is -2.36. The van der Waals surface area contributed by atoms with E-state index in [0.717, 1.165) is 0 Å². The second kappa shape index (κ2) is 5.47. The van der Waals surface area contributed by atoms with Crippen LogP contribution in [0.1, 0.15) is 19.3 Å². The van der Waals surface area contributed by atoms with Gasteiger partial charge >= 0.3 is 0 Å². The number of rotatable bonds is 3. The summed E-state index contributed by atoms with van der Waals surface area (Å²) in [4.78, 5) is 35.3. The summed E-state index contributed by atoms with van der Waals surface area (Å²) in [5.74, 6) is -5.52. The van der Waals surface area contributed by atoms with Crippen LogP contribution in [0.2, 0.25) is 0 Å². The number of Topliss-reactive ketones (excluding diaryl/α,β-unsaturated/α-hetero) is 3. The van der Waals surface area contributed by atoms with Crippen molar-refractivity contribution < 1.29 is 38.8 Å². The van der Waals surface area contributed by atoms with Crippen LogP contribution in [0.15, 0.2) is 0 Å². The zero-order chi connectivity index (χ0) is 16.0. The molecule has 2 aliphatic rings. The molecular weight excluding hydrogens is 355 g/mol. The summed E-state index contributed by atoms with van der Waals surface area (Å²) < 4.78 is 16.8. The number of ketones is 3. The van der Waals surface area contributed by atoms with E-state index in [2.05, 4.69) is 15.9 Å². The van der Waals surface area contributed by atoms with E-state index in [1.807, 2.05) is 0 Å². The maximum absolute atomic E-state index is 14.1. The van der Waals surface area contributed by atoms with Crippen molar-refractivity contribution in [2.45, 2.75) is 47.8 Å². The third-order valence-electron chi connectivity index (χ3n) is 3.68. The average molecular weight is 369 g/mol. The first-order chi connectivity index (χ1) is 9.64. The molecule has 7 nitrogen and oxygen atoms in total. The van der Waals surface area contributed by atoms with Gasteiger partial charge in [-0.15, -0.1) is 0 Å². The van der Waals surface area contributed by atoms with Gasteiger partial charge in [0, 0.05) is 12.8 Å². The average Bonchev–Trinajstić information content (AvgIpc) is 2.70. The molecule has 1 saturated heterocycles. The Hall–Kier alpha value is -0.740. The van der Waals surface area contributed by atoms with Crippen molar-refractivity contribution in [2.24, 2.45) is 0 Å². The predicted molar refractivity (Wildman–Crippen MR) is 68.3 cm³/mol. The lowest BCUT2D eigenvalue weighted by molar-refractivity contribution is -0.205. The van der Waals surface area contributed by atoms with Crippen molar-refractivity contribution >= 4 is 33.3 Å². The standard InChI is InChI=1S/C12H14BrFO7/c13-11(2-5(16)1-6(17)9(11)14)10(19)12(20)3-7(18)8(4-15)21-12/h7-9,15,18,20H,1-4H2/t7-,8+,9?,11?,12+/m0/s1. The molecule has 1 aliphatic heterocycles. The zero-order valence-corrected chi connectivity index (χ0v) is 12.4. The molecule has 5 atom stereocenters.